The van der Waals surface area contributed by atoms with Crippen molar-refractivity contribution in [3.05, 3.63) is 36.8 Å². The predicted octanol–water partition coefficient (Wildman–Crippen LogP) is 1.76. The molecule has 0 radical (unpaired) electrons. The van der Waals surface area contributed by atoms with Gasteiger partial charge in [0.25, 0.3) is 0 Å². The maximum Gasteiger partial charge on any atom is 0.228 e. The Kier molecular flexibility index (Phi) is 2.49. The Morgan fingerprint density at radius 1 is 1.60 bits per heavy atom. The Balaban J connectivity index is 2.25. The van der Waals surface area contributed by atoms with Crippen molar-refractivity contribution in [3.8, 4) is 0 Å². The van der Waals surface area contributed by atoms with Crippen molar-refractivity contribution in [2.75, 3.05) is 11.4 Å². The molecule has 0 saturated carbocycles. The van der Waals surface area contributed by atoms with Crippen molar-refractivity contribution in [2.24, 2.45) is 5.92 Å². The maximum absolute atomic E-state index is 12.9. The average molecular weight is 206 g/mol. The van der Waals surface area contributed by atoms with Crippen LogP contribution in [0.3, 0.4) is 0 Å². The fourth-order valence-corrected chi connectivity index (χ4v) is 1.66. The van der Waals surface area contributed by atoms with E-state index in [1.807, 2.05) is 0 Å². The van der Waals surface area contributed by atoms with Crippen LogP contribution >= 0.6 is 0 Å². The quantitative estimate of drug-likeness (QED) is 0.545. The molecule has 2 rings (SSSR count). The second-order valence-electron chi connectivity index (χ2n) is 3.52. The normalized spacial score (nSPS) is 20.7. The summed E-state index contributed by atoms with van der Waals surface area (Å²) in [5.74, 6) is -0.0766. The number of hydrogen-bond acceptors (Lipinski definition) is 2. The third-order valence-corrected chi connectivity index (χ3v) is 2.47. The molecule has 3 nitrogen and oxygen atoms in total. The molecule has 0 N–H and O–H groups in total. The molecule has 1 fully saturated rings. The predicted molar refractivity (Wildman–Crippen MR) is 54.9 cm³/mol. The van der Waals surface area contributed by atoms with Gasteiger partial charge in [0.05, 0.1) is 0 Å². The van der Waals surface area contributed by atoms with E-state index in [0.29, 0.717) is 18.8 Å². The van der Waals surface area contributed by atoms with E-state index in [9.17, 15) is 9.18 Å². The number of anilines is 1. The van der Waals surface area contributed by atoms with Gasteiger partial charge < -0.3 is 0 Å². The van der Waals surface area contributed by atoms with Crippen molar-refractivity contribution in [3.63, 3.8) is 0 Å². The van der Waals surface area contributed by atoms with Gasteiger partial charge in [-0.1, -0.05) is 12.1 Å². The first-order chi connectivity index (χ1) is 7.20. The summed E-state index contributed by atoms with van der Waals surface area (Å²) in [6, 6.07) is 4.44. The van der Waals surface area contributed by atoms with Gasteiger partial charge in [0, 0.05) is 18.9 Å². The lowest BCUT2D eigenvalue weighted by molar-refractivity contribution is -0.117. The summed E-state index contributed by atoms with van der Waals surface area (Å²) in [7, 11) is 0. The second-order valence-corrected chi connectivity index (χ2v) is 3.52. The summed E-state index contributed by atoms with van der Waals surface area (Å²) >= 11 is 0. The molecule has 78 valence electrons. The molecule has 1 unspecified atom stereocenters. The van der Waals surface area contributed by atoms with E-state index in [4.69, 9.17) is 0 Å². The molecular weight excluding hydrogens is 195 g/mol. The van der Waals surface area contributed by atoms with E-state index in [1.54, 1.807) is 18.2 Å². The maximum atomic E-state index is 12.9. The Labute approximate surface area is 87.2 Å². The number of carbonyl (C=O) groups excluding carboxylic acids is 1. The highest BCUT2D eigenvalue weighted by Gasteiger charge is 2.29. The summed E-state index contributed by atoms with van der Waals surface area (Å²) in [5, 5.41) is 0. The zero-order valence-corrected chi connectivity index (χ0v) is 8.19. The summed E-state index contributed by atoms with van der Waals surface area (Å²) in [5.41, 5.74) is 0. The van der Waals surface area contributed by atoms with E-state index in [-0.39, 0.29) is 11.8 Å². The molecule has 0 spiro atoms. The number of amides is 1. The number of pyridine rings is 1. The SMILES string of the molecule is C=CC1CC(=O)N(c2cccc(F)n2)C1. The summed E-state index contributed by atoms with van der Waals surface area (Å²) in [6.07, 6.45) is 2.18. The summed E-state index contributed by atoms with van der Waals surface area (Å²) in [4.78, 5) is 16.7. The number of rotatable bonds is 2. The van der Waals surface area contributed by atoms with Crippen LogP contribution in [0.5, 0.6) is 0 Å². The zero-order chi connectivity index (χ0) is 10.8. The van der Waals surface area contributed by atoms with Crippen LogP contribution in [-0.2, 0) is 4.79 Å². The van der Waals surface area contributed by atoms with Gasteiger partial charge in [-0.05, 0) is 12.1 Å². The molecular formula is C11H11FN2O. The number of hydrogen-bond donors (Lipinski definition) is 0. The minimum atomic E-state index is -0.567. The third-order valence-electron chi connectivity index (χ3n) is 2.47. The third kappa shape index (κ3) is 1.88. The van der Waals surface area contributed by atoms with Crippen molar-refractivity contribution in [1.29, 1.82) is 0 Å². The molecule has 1 amide bonds. The number of halogens is 1. The lowest BCUT2D eigenvalue weighted by Crippen LogP contribution is -2.25. The van der Waals surface area contributed by atoms with Crippen LogP contribution < -0.4 is 4.90 Å². The minimum Gasteiger partial charge on any atom is -0.296 e. The van der Waals surface area contributed by atoms with Gasteiger partial charge in [-0.25, -0.2) is 4.98 Å². The standard InChI is InChI=1S/C11H11FN2O/c1-2-8-6-11(15)14(7-8)10-5-3-4-9(12)13-10/h2-5,8H,1,6-7H2. The first-order valence-corrected chi connectivity index (χ1v) is 4.76. The molecule has 15 heavy (non-hydrogen) atoms. The average Bonchev–Trinajstić information content (AvgIpc) is 2.60. The molecule has 1 aromatic rings. The van der Waals surface area contributed by atoms with E-state index in [2.05, 4.69) is 11.6 Å². The van der Waals surface area contributed by atoms with Crippen molar-refractivity contribution < 1.29 is 9.18 Å². The largest absolute Gasteiger partial charge is 0.296 e. The topological polar surface area (TPSA) is 33.2 Å². The van der Waals surface area contributed by atoms with Crippen LogP contribution in [-0.4, -0.2) is 17.4 Å². The second kappa shape index (κ2) is 3.81. The van der Waals surface area contributed by atoms with E-state index < -0.39 is 5.95 Å². The van der Waals surface area contributed by atoms with Gasteiger partial charge in [0.2, 0.25) is 11.9 Å². The fraction of sp³-hybridized carbons (Fsp3) is 0.273. The van der Waals surface area contributed by atoms with Crippen LogP contribution in [0.25, 0.3) is 0 Å². The smallest absolute Gasteiger partial charge is 0.228 e. The van der Waals surface area contributed by atoms with Crippen LogP contribution in [0, 0.1) is 11.9 Å². The van der Waals surface area contributed by atoms with Crippen LogP contribution in [0.2, 0.25) is 0 Å². The lowest BCUT2D eigenvalue weighted by atomic mass is 10.1. The Morgan fingerprint density at radius 3 is 3.00 bits per heavy atom. The molecule has 0 aliphatic carbocycles. The van der Waals surface area contributed by atoms with Gasteiger partial charge in [0.15, 0.2) is 0 Å². The Bertz CT molecular complexity index is 405. The Morgan fingerprint density at radius 2 is 2.40 bits per heavy atom. The van der Waals surface area contributed by atoms with Crippen molar-refractivity contribution in [2.45, 2.75) is 6.42 Å². The van der Waals surface area contributed by atoms with E-state index in [1.165, 1.54) is 11.0 Å². The highest BCUT2D eigenvalue weighted by atomic mass is 19.1. The minimum absolute atomic E-state index is 0.0296. The Hall–Kier alpha value is -1.71. The van der Waals surface area contributed by atoms with Gasteiger partial charge in [-0.2, -0.15) is 4.39 Å². The molecule has 2 heterocycles. The van der Waals surface area contributed by atoms with Gasteiger partial charge in [-0.15, -0.1) is 6.58 Å². The summed E-state index contributed by atoms with van der Waals surface area (Å²) < 4.78 is 12.9. The van der Waals surface area contributed by atoms with Gasteiger partial charge in [0.1, 0.15) is 5.82 Å². The molecule has 1 saturated heterocycles. The van der Waals surface area contributed by atoms with Gasteiger partial charge >= 0.3 is 0 Å². The molecule has 0 bridgehead atoms. The molecule has 4 heteroatoms. The first-order valence-electron chi connectivity index (χ1n) is 4.76. The first kappa shape index (κ1) is 9.83. The molecule has 0 aromatic carbocycles. The molecule has 1 aliphatic heterocycles. The summed E-state index contributed by atoms with van der Waals surface area (Å²) in [6.45, 7) is 4.19. The fourth-order valence-electron chi connectivity index (χ4n) is 1.66. The highest BCUT2D eigenvalue weighted by Crippen LogP contribution is 2.23. The lowest BCUT2D eigenvalue weighted by Gasteiger charge is -2.14. The molecule has 1 aliphatic rings. The highest BCUT2D eigenvalue weighted by molar-refractivity contribution is 5.95. The number of carbonyl (C=O) groups is 1. The molecule has 1 aromatic heterocycles. The van der Waals surface area contributed by atoms with Crippen LogP contribution in [0.15, 0.2) is 30.9 Å². The zero-order valence-electron chi connectivity index (χ0n) is 8.19. The van der Waals surface area contributed by atoms with Crippen molar-refractivity contribution in [1.82, 2.24) is 4.98 Å². The monoisotopic (exact) mass is 206 g/mol. The number of aromatic nitrogens is 1. The van der Waals surface area contributed by atoms with E-state index in [0.717, 1.165) is 0 Å². The van der Waals surface area contributed by atoms with Crippen LogP contribution in [0.1, 0.15) is 6.42 Å². The molecule has 1 atom stereocenters. The van der Waals surface area contributed by atoms with E-state index >= 15 is 0 Å². The number of nitrogens with zero attached hydrogens (tertiary/aromatic N) is 2. The van der Waals surface area contributed by atoms with Crippen LogP contribution in [0.4, 0.5) is 10.2 Å². The van der Waals surface area contributed by atoms with Crippen molar-refractivity contribution >= 4 is 11.7 Å². The van der Waals surface area contributed by atoms with Gasteiger partial charge in [-0.3, -0.25) is 9.69 Å².